The Morgan fingerprint density at radius 3 is 2.71 bits per heavy atom. The third-order valence-corrected chi connectivity index (χ3v) is 2.68. The van der Waals surface area contributed by atoms with Crippen LogP contribution in [0.2, 0.25) is 5.02 Å². The molecule has 0 atom stereocenters. The maximum Gasteiger partial charge on any atom is 0.172 e. The van der Waals surface area contributed by atoms with Crippen LogP contribution in [-0.4, -0.2) is 20.0 Å². The number of halogens is 3. The first-order valence-electron chi connectivity index (χ1n) is 4.52. The summed E-state index contributed by atoms with van der Waals surface area (Å²) in [6, 6.07) is 3.02. The molecule has 1 rings (SSSR count). The number of methoxy groups -OCH3 is 1. The summed E-state index contributed by atoms with van der Waals surface area (Å²) >= 11 is 16.9. The number of benzene rings is 1. The maximum absolute atomic E-state index is 10.9. The fourth-order valence-electron chi connectivity index (χ4n) is 1.16. The van der Waals surface area contributed by atoms with Gasteiger partial charge in [0.05, 0.1) is 17.7 Å². The SMILES string of the molecule is COc1cc(Cl)cc(C=O)c1OC/C(Cl)=C/Cl. The van der Waals surface area contributed by atoms with Gasteiger partial charge in [0.1, 0.15) is 6.61 Å². The lowest BCUT2D eigenvalue weighted by Crippen LogP contribution is -2.02. The molecule has 0 aliphatic rings. The maximum atomic E-state index is 10.9. The van der Waals surface area contributed by atoms with Crippen LogP contribution in [0.15, 0.2) is 22.7 Å². The van der Waals surface area contributed by atoms with Gasteiger partial charge in [0, 0.05) is 16.6 Å². The van der Waals surface area contributed by atoms with Crippen molar-refractivity contribution in [1.82, 2.24) is 0 Å². The quantitative estimate of drug-likeness (QED) is 0.774. The van der Waals surface area contributed by atoms with E-state index in [0.717, 1.165) is 0 Å². The van der Waals surface area contributed by atoms with E-state index in [0.29, 0.717) is 22.1 Å². The second-order valence-electron chi connectivity index (χ2n) is 2.99. The van der Waals surface area contributed by atoms with E-state index in [1.165, 1.54) is 18.7 Å². The van der Waals surface area contributed by atoms with E-state index < -0.39 is 0 Å². The van der Waals surface area contributed by atoms with Gasteiger partial charge in [-0.05, 0) is 6.07 Å². The molecule has 0 aromatic heterocycles. The summed E-state index contributed by atoms with van der Waals surface area (Å²) in [4.78, 5) is 10.9. The third-order valence-electron chi connectivity index (χ3n) is 1.87. The van der Waals surface area contributed by atoms with Gasteiger partial charge in [0.25, 0.3) is 0 Å². The van der Waals surface area contributed by atoms with E-state index >= 15 is 0 Å². The Kier molecular flexibility index (Phi) is 5.62. The van der Waals surface area contributed by atoms with Crippen molar-refractivity contribution in [3.8, 4) is 11.5 Å². The van der Waals surface area contributed by atoms with Gasteiger partial charge in [-0.1, -0.05) is 34.8 Å². The molecule has 0 heterocycles. The highest BCUT2D eigenvalue weighted by atomic mass is 35.5. The van der Waals surface area contributed by atoms with Gasteiger partial charge in [0.15, 0.2) is 17.8 Å². The van der Waals surface area contributed by atoms with Crippen molar-refractivity contribution in [1.29, 1.82) is 0 Å². The first-order chi connectivity index (χ1) is 8.12. The first kappa shape index (κ1) is 14.2. The Morgan fingerprint density at radius 2 is 2.18 bits per heavy atom. The second-order valence-corrected chi connectivity index (χ2v) is 4.13. The van der Waals surface area contributed by atoms with Crippen LogP contribution in [0.4, 0.5) is 0 Å². The summed E-state index contributed by atoms with van der Waals surface area (Å²) in [6.45, 7) is 0.0455. The zero-order valence-corrected chi connectivity index (χ0v) is 11.1. The molecule has 3 nitrogen and oxygen atoms in total. The predicted molar refractivity (Wildman–Crippen MR) is 68.7 cm³/mol. The van der Waals surface area contributed by atoms with Crippen molar-refractivity contribution in [3.05, 3.63) is 33.3 Å². The van der Waals surface area contributed by atoms with Crippen molar-refractivity contribution in [2.24, 2.45) is 0 Å². The monoisotopic (exact) mass is 294 g/mol. The number of rotatable bonds is 5. The fraction of sp³-hybridized carbons (Fsp3) is 0.182. The van der Waals surface area contributed by atoms with Crippen LogP contribution < -0.4 is 9.47 Å². The number of carbonyl (C=O) groups is 1. The highest BCUT2D eigenvalue weighted by molar-refractivity contribution is 6.36. The lowest BCUT2D eigenvalue weighted by molar-refractivity contribution is 0.111. The molecule has 0 saturated carbocycles. The van der Waals surface area contributed by atoms with E-state index in [1.807, 2.05) is 0 Å². The number of hydrogen-bond donors (Lipinski definition) is 0. The Bertz CT molecular complexity index is 444. The minimum atomic E-state index is 0.0455. The molecule has 0 saturated heterocycles. The molecule has 17 heavy (non-hydrogen) atoms. The standard InChI is InChI=1S/C11H9Cl3O3/c1-16-10-3-8(13)2-7(5-15)11(10)17-6-9(14)4-12/h2-5H,6H2,1H3/b9-4-. The van der Waals surface area contributed by atoms with E-state index in [1.54, 1.807) is 6.07 Å². The number of aldehydes is 1. The Morgan fingerprint density at radius 1 is 1.47 bits per heavy atom. The summed E-state index contributed by atoms with van der Waals surface area (Å²) < 4.78 is 10.4. The van der Waals surface area contributed by atoms with E-state index in [9.17, 15) is 4.79 Å². The minimum Gasteiger partial charge on any atom is -0.493 e. The topological polar surface area (TPSA) is 35.5 Å². The molecule has 0 N–H and O–H groups in total. The zero-order valence-electron chi connectivity index (χ0n) is 8.88. The normalized spacial score (nSPS) is 11.2. The van der Waals surface area contributed by atoms with Gasteiger partial charge < -0.3 is 9.47 Å². The number of ether oxygens (including phenoxy) is 2. The number of carbonyl (C=O) groups excluding carboxylic acids is 1. The van der Waals surface area contributed by atoms with Crippen LogP contribution in [-0.2, 0) is 0 Å². The zero-order chi connectivity index (χ0) is 12.8. The molecular formula is C11H9Cl3O3. The average molecular weight is 296 g/mol. The summed E-state index contributed by atoms with van der Waals surface area (Å²) in [5.41, 5.74) is 1.47. The van der Waals surface area contributed by atoms with Crippen LogP contribution >= 0.6 is 34.8 Å². The molecule has 1 aromatic rings. The predicted octanol–water partition coefficient (Wildman–Crippen LogP) is 3.86. The van der Waals surface area contributed by atoms with Crippen LogP contribution in [0.1, 0.15) is 10.4 Å². The number of hydrogen-bond acceptors (Lipinski definition) is 3. The average Bonchev–Trinajstić information content (AvgIpc) is 2.35. The third kappa shape index (κ3) is 3.80. The summed E-state index contributed by atoms with van der Waals surface area (Å²) in [6.07, 6.45) is 0.627. The van der Waals surface area contributed by atoms with Crippen molar-refractivity contribution >= 4 is 41.1 Å². The molecule has 0 aliphatic carbocycles. The lowest BCUT2D eigenvalue weighted by atomic mass is 10.2. The van der Waals surface area contributed by atoms with Gasteiger partial charge in [-0.15, -0.1) is 0 Å². The highest BCUT2D eigenvalue weighted by Gasteiger charge is 2.12. The molecule has 0 aliphatic heterocycles. The fourth-order valence-corrected chi connectivity index (χ4v) is 1.49. The van der Waals surface area contributed by atoms with Gasteiger partial charge in [-0.3, -0.25) is 4.79 Å². The van der Waals surface area contributed by atoms with Crippen LogP contribution in [0, 0.1) is 0 Å². The van der Waals surface area contributed by atoms with Gasteiger partial charge >= 0.3 is 0 Å². The van der Waals surface area contributed by atoms with Crippen LogP contribution in [0.3, 0.4) is 0 Å². The summed E-state index contributed by atoms with van der Waals surface area (Å²) in [7, 11) is 1.45. The lowest BCUT2D eigenvalue weighted by Gasteiger charge is -2.12. The van der Waals surface area contributed by atoms with E-state index in [2.05, 4.69) is 0 Å². The molecule has 0 spiro atoms. The molecular weight excluding hydrogens is 286 g/mol. The molecule has 6 heteroatoms. The molecule has 92 valence electrons. The first-order valence-corrected chi connectivity index (χ1v) is 5.72. The molecule has 0 bridgehead atoms. The van der Waals surface area contributed by atoms with Crippen molar-refractivity contribution in [2.75, 3.05) is 13.7 Å². The minimum absolute atomic E-state index is 0.0455. The van der Waals surface area contributed by atoms with Crippen molar-refractivity contribution < 1.29 is 14.3 Å². The Balaban J connectivity index is 3.06. The van der Waals surface area contributed by atoms with Gasteiger partial charge in [-0.2, -0.15) is 0 Å². The molecule has 0 unspecified atom stereocenters. The Labute approximate surface area is 114 Å². The van der Waals surface area contributed by atoms with Gasteiger partial charge in [0.2, 0.25) is 0 Å². The molecule has 0 amide bonds. The molecule has 1 aromatic carbocycles. The molecule has 0 fully saturated rings. The largest absolute Gasteiger partial charge is 0.493 e. The smallest absolute Gasteiger partial charge is 0.172 e. The highest BCUT2D eigenvalue weighted by Crippen LogP contribution is 2.34. The van der Waals surface area contributed by atoms with E-state index in [4.69, 9.17) is 44.3 Å². The second kappa shape index (κ2) is 6.74. The van der Waals surface area contributed by atoms with E-state index in [-0.39, 0.29) is 17.9 Å². The van der Waals surface area contributed by atoms with Crippen LogP contribution in [0.5, 0.6) is 11.5 Å². The molecule has 0 radical (unpaired) electrons. The van der Waals surface area contributed by atoms with Crippen LogP contribution in [0.25, 0.3) is 0 Å². The van der Waals surface area contributed by atoms with Gasteiger partial charge in [-0.25, -0.2) is 0 Å². The summed E-state index contributed by atoms with van der Waals surface area (Å²) in [5.74, 6) is 0.641. The van der Waals surface area contributed by atoms with Crippen molar-refractivity contribution in [3.63, 3.8) is 0 Å². The Hall–Kier alpha value is -0.900. The summed E-state index contributed by atoms with van der Waals surface area (Å²) in [5, 5.41) is 0.691. The van der Waals surface area contributed by atoms with Crippen molar-refractivity contribution in [2.45, 2.75) is 0 Å².